The van der Waals surface area contributed by atoms with Crippen LogP contribution < -0.4 is 0 Å². The summed E-state index contributed by atoms with van der Waals surface area (Å²) in [5.41, 5.74) is 2.39. The second-order valence-electron chi connectivity index (χ2n) is 7.64. The van der Waals surface area contributed by atoms with Gasteiger partial charge in [0.2, 0.25) is 5.91 Å². The second kappa shape index (κ2) is 8.92. The van der Waals surface area contributed by atoms with Crippen LogP contribution in [0.1, 0.15) is 26.3 Å². The van der Waals surface area contributed by atoms with Gasteiger partial charge in [-0.3, -0.25) is 14.4 Å². The lowest BCUT2D eigenvalue weighted by atomic mass is 10.1. The molecule has 0 radical (unpaired) electrons. The smallest absolute Gasteiger partial charge is 0.255 e. The Morgan fingerprint density at radius 2 is 1.40 bits per heavy atom. The Balaban J connectivity index is 1.37. The van der Waals surface area contributed by atoms with Gasteiger partial charge in [0.05, 0.1) is 5.88 Å². The topological polar surface area (TPSA) is 60.9 Å². The lowest BCUT2D eigenvalue weighted by molar-refractivity contribution is -0.136. The number of nitrogens with zero attached hydrogens (tertiary/aromatic N) is 3. The Hall–Kier alpha value is -2.80. The van der Waals surface area contributed by atoms with Crippen molar-refractivity contribution in [3.05, 3.63) is 71.3 Å². The van der Waals surface area contributed by atoms with Gasteiger partial charge in [-0.25, -0.2) is 0 Å². The Morgan fingerprint density at radius 3 is 2.07 bits per heavy atom. The van der Waals surface area contributed by atoms with E-state index in [0.717, 1.165) is 5.56 Å². The molecule has 4 rings (SSSR count). The molecular weight excluding hydrogens is 398 g/mol. The molecule has 156 valence electrons. The molecule has 0 unspecified atom stereocenters. The Kier molecular flexibility index (Phi) is 6.08. The number of hydrogen-bond donors (Lipinski definition) is 0. The van der Waals surface area contributed by atoms with Crippen LogP contribution in [0.25, 0.3) is 0 Å². The van der Waals surface area contributed by atoms with Crippen molar-refractivity contribution in [3.63, 3.8) is 0 Å². The van der Waals surface area contributed by atoms with E-state index in [9.17, 15) is 14.4 Å². The van der Waals surface area contributed by atoms with Gasteiger partial charge >= 0.3 is 0 Å². The minimum Gasteiger partial charge on any atom is -0.337 e. The van der Waals surface area contributed by atoms with Gasteiger partial charge < -0.3 is 14.7 Å². The zero-order valence-electron chi connectivity index (χ0n) is 17.0. The average Bonchev–Trinajstić information content (AvgIpc) is 3.29. The van der Waals surface area contributed by atoms with Gasteiger partial charge in [-0.2, -0.15) is 0 Å². The van der Waals surface area contributed by atoms with Crippen molar-refractivity contribution in [2.24, 2.45) is 0 Å². The van der Waals surface area contributed by atoms with Crippen LogP contribution in [0.3, 0.4) is 0 Å². The van der Waals surface area contributed by atoms with Crippen molar-refractivity contribution in [1.29, 1.82) is 0 Å². The third-order valence-corrected chi connectivity index (χ3v) is 6.64. The van der Waals surface area contributed by atoms with Gasteiger partial charge in [-0.05, 0) is 31.2 Å². The van der Waals surface area contributed by atoms with Crippen molar-refractivity contribution < 1.29 is 14.4 Å². The number of thioether (sulfide) groups is 1. The first kappa shape index (κ1) is 20.5. The number of piperazine rings is 1. The normalized spacial score (nSPS) is 19.1. The number of rotatable bonds is 3. The molecule has 0 N–H and O–H groups in total. The SMILES string of the molecule is Cc1ccc(C(=O)N2CCN(C(=O)[C@@H]3CSCN3C(=O)c3ccccc3)CC2)cc1. The van der Waals surface area contributed by atoms with Crippen LogP contribution in [0, 0.1) is 6.92 Å². The van der Waals surface area contributed by atoms with Crippen LogP contribution in [-0.4, -0.2) is 76.3 Å². The molecule has 2 heterocycles. The molecule has 30 heavy (non-hydrogen) atoms. The summed E-state index contributed by atoms with van der Waals surface area (Å²) in [7, 11) is 0. The summed E-state index contributed by atoms with van der Waals surface area (Å²) in [6.45, 7) is 3.98. The summed E-state index contributed by atoms with van der Waals surface area (Å²) in [6, 6.07) is 16.2. The number of amides is 3. The van der Waals surface area contributed by atoms with Crippen LogP contribution in [0.5, 0.6) is 0 Å². The van der Waals surface area contributed by atoms with Gasteiger partial charge in [0, 0.05) is 43.1 Å². The van der Waals surface area contributed by atoms with Crippen LogP contribution in [0.2, 0.25) is 0 Å². The summed E-state index contributed by atoms with van der Waals surface area (Å²) >= 11 is 1.60. The fraction of sp³-hybridized carbons (Fsp3) is 0.348. The van der Waals surface area contributed by atoms with E-state index < -0.39 is 6.04 Å². The van der Waals surface area contributed by atoms with E-state index in [1.165, 1.54) is 0 Å². The minimum atomic E-state index is -0.443. The maximum absolute atomic E-state index is 13.1. The minimum absolute atomic E-state index is 0.000553. The summed E-state index contributed by atoms with van der Waals surface area (Å²) in [5.74, 6) is 1.01. The molecule has 0 aromatic heterocycles. The zero-order valence-corrected chi connectivity index (χ0v) is 17.8. The molecule has 6 nitrogen and oxygen atoms in total. The highest BCUT2D eigenvalue weighted by molar-refractivity contribution is 7.99. The lowest BCUT2D eigenvalue weighted by Gasteiger charge is -2.37. The Morgan fingerprint density at radius 1 is 0.800 bits per heavy atom. The average molecular weight is 424 g/mol. The Labute approximate surface area is 180 Å². The van der Waals surface area contributed by atoms with E-state index >= 15 is 0 Å². The molecule has 2 saturated heterocycles. The van der Waals surface area contributed by atoms with E-state index in [1.807, 2.05) is 49.4 Å². The quantitative estimate of drug-likeness (QED) is 0.761. The van der Waals surface area contributed by atoms with Crippen molar-refractivity contribution >= 4 is 29.5 Å². The number of benzene rings is 2. The molecule has 1 atom stereocenters. The fourth-order valence-electron chi connectivity index (χ4n) is 3.81. The molecule has 7 heteroatoms. The number of carbonyl (C=O) groups is 3. The maximum Gasteiger partial charge on any atom is 0.255 e. The number of aryl methyl sites for hydroxylation is 1. The highest BCUT2D eigenvalue weighted by Gasteiger charge is 2.38. The first-order valence-electron chi connectivity index (χ1n) is 10.1. The standard InChI is InChI=1S/C23H25N3O3S/c1-17-7-9-19(10-8-17)21(27)24-11-13-25(14-12-24)23(29)20-15-30-16-26(20)22(28)18-5-3-2-4-6-18/h2-10,20H,11-16H2,1H3/t20-/m0/s1. The molecule has 2 aromatic carbocycles. The maximum atomic E-state index is 13.1. The summed E-state index contributed by atoms with van der Waals surface area (Å²) < 4.78 is 0. The number of hydrogen-bond acceptors (Lipinski definition) is 4. The van der Waals surface area contributed by atoms with Crippen LogP contribution in [0.15, 0.2) is 54.6 Å². The zero-order chi connectivity index (χ0) is 21.1. The number of carbonyl (C=O) groups excluding carboxylic acids is 3. The molecule has 2 aliphatic heterocycles. The third-order valence-electron chi connectivity index (χ3n) is 5.63. The van der Waals surface area contributed by atoms with E-state index in [-0.39, 0.29) is 17.7 Å². The van der Waals surface area contributed by atoms with Gasteiger partial charge in [0.15, 0.2) is 0 Å². The van der Waals surface area contributed by atoms with Crippen molar-refractivity contribution in [3.8, 4) is 0 Å². The van der Waals surface area contributed by atoms with E-state index in [1.54, 1.807) is 38.6 Å². The lowest BCUT2D eigenvalue weighted by Crippen LogP contribution is -2.56. The third kappa shape index (κ3) is 4.21. The molecule has 3 amide bonds. The first-order chi connectivity index (χ1) is 14.5. The monoisotopic (exact) mass is 423 g/mol. The molecule has 0 spiro atoms. The van der Waals surface area contributed by atoms with Crippen LogP contribution in [-0.2, 0) is 4.79 Å². The highest BCUT2D eigenvalue weighted by Crippen LogP contribution is 2.25. The van der Waals surface area contributed by atoms with E-state index in [0.29, 0.717) is 48.9 Å². The van der Waals surface area contributed by atoms with Gasteiger partial charge in [0.1, 0.15) is 6.04 Å². The molecular formula is C23H25N3O3S. The van der Waals surface area contributed by atoms with Crippen LogP contribution >= 0.6 is 11.8 Å². The Bertz CT molecular complexity index is 924. The molecule has 0 bridgehead atoms. The van der Waals surface area contributed by atoms with Crippen molar-refractivity contribution in [2.45, 2.75) is 13.0 Å². The first-order valence-corrected chi connectivity index (χ1v) is 11.3. The summed E-state index contributed by atoms with van der Waals surface area (Å²) in [4.78, 5) is 44.0. The van der Waals surface area contributed by atoms with Gasteiger partial charge in [-0.1, -0.05) is 35.9 Å². The largest absolute Gasteiger partial charge is 0.337 e. The predicted molar refractivity (Wildman–Crippen MR) is 117 cm³/mol. The predicted octanol–water partition coefficient (Wildman–Crippen LogP) is 2.49. The van der Waals surface area contributed by atoms with E-state index in [2.05, 4.69) is 0 Å². The molecule has 0 saturated carbocycles. The van der Waals surface area contributed by atoms with Gasteiger partial charge in [0.25, 0.3) is 11.8 Å². The summed E-state index contributed by atoms with van der Waals surface area (Å²) in [5, 5.41) is 0. The molecule has 2 aromatic rings. The molecule has 2 fully saturated rings. The van der Waals surface area contributed by atoms with Crippen molar-refractivity contribution in [1.82, 2.24) is 14.7 Å². The molecule has 2 aliphatic rings. The molecule has 0 aliphatic carbocycles. The van der Waals surface area contributed by atoms with Crippen LogP contribution in [0.4, 0.5) is 0 Å². The second-order valence-corrected chi connectivity index (χ2v) is 8.64. The van der Waals surface area contributed by atoms with Gasteiger partial charge in [-0.15, -0.1) is 11.8 Å². The summed E-state index contributed by atoms with van der Waals surface area (Å²) in [6.07, 6.45) is 0. The van der Waals surface area contributed by atoms with E-state index in [4.69, 9.17) is 0 Å². The fourth-order valence-corrected chi connectivity index (χ4v) is 4.96. The highest BCUT2D eigenvalue weighted by atomic mass is 32.2. The van der Waals surface area contributed by atoms with Crippen molar-refractivity contribution in [2.75, 3.05) is 37.8 Å².